The molecule has 0 saturated heterocycles. The van der Waals surface area contributed by atoms with E-state index in [0.29, 0.717) is 22.6 Å². The smallest absolute Gasteiger partial charge is 0.255 e. The largest absolute Gasteiger partial charge is 0.389 e. The Hall–Kier alpha value is -1.95. The Morgan fingerprint density at radius 2 is 2.14 bits per heavy atom. The molecule has 0 radical (unpaired) electrons. The zero-order valence-electron chi connectivity index (χ0n) is 13.6. The molecule has 1 fully saturated rings. The summed E-state index contributed by atoms with van der Waals surface area (Å²) in [7, 11) is 0. The molecule has 1 aliphatic rings. The average Bonchev–Trinajstić information content (AvgIpc) is 3.25. The fraction of sp³-hybridized carbons (Fsp3) is 0.562. The number of aliphatic hydroxyl groups is 1. The van der Waals surface area contributed by atoms with Gasteiger partial charge in [0.15, 0.2) is 5.65 Å². The number of hydrogen-bond donors (Lipinski definition) is 3. The van der Waals surface area contributed by atoms with Crippen LogP contribution in [0.4, 0.5) is 0 Å². The van der Waals surface area contributed by atoms with Gasteiger partial charge in [0.1, 0.15) is 5.52 Å². The molecule has 0 spiro atoms. The number of H-pyrrole nitrogens is 1. The number of carbonyl (C=O) groups is 1. The van der Waals surface area contributed by atoms with Crippen LogP contribution < -0.4 is 5.32 Å². The molecule has 0 bridgehead atoms. The van der Waals surface area contributed by atoms with E-state index < -0.39 is 5.60 Å². The molecule has 3 N–H and O–H groups in total. The number of hydrogen-bond acceptors (Lipinski definition) is 4. The van der Waals surface area contributed by atoms with E-state index in [4.69, 9.17) is 0 Å². The highest BCUT2D eigenvalue weighted by molar-refractivity contribution is 6.04. The third-order valence-corrected chi connectivity index (χ3v) is 3.32. The zero-order chi connectivity index (χ0) is 16.3. The first-order valence-electron chi connectivity index (χ1n) is 7.79. The molecule has 22 heavy (non-hydrogen) atoms. The lowest BCUT2D eigenvalue weighted by molar-refractivity contribution is 0.0695. The Balaban J connectivity index is 0.000000847. The van der Waals surface area contributed by atoms with E-state index in [9.17, 15) is 9.90 Å². The van der Waals surface area contributed by atoms with Crippen LogP contribution in [0, 0.1) is 0 Å². The summed E-state index contributed by atoms with van der Waals surface area (Å²) in [5.41, 5.74) is 1.70. The SMILES string of the molecule is CC.CC(C)(O)CNC(=O)c1c[nH]c2ncc(C3CC3)nc12. The molecule has 2 aromatic heterocycles. The van der Waals surface area contributed by atoms with Gasteiger partial charge in [0.25, 0.3) is 5.91 Å². The van der Waals surface area contributed by atoms with Crippen molar-refractivity contribution < 1.29 is 9.90 Å². The van der Waals surface area contributed by atoms with Crippen molar-refractivity contribution >= 4 is 17.1 Å². The maximum absolute atomic E-state index is 12.2. The van der Waals surface area contributed by atoms with Crippen molar-refractivity contribution in [3.8, 4) is 0 Å². The fourth-order valence-electron chi connectivity index (χ4n) is 2.05. The van der Waals surface area contributed by atoms with Gasteiger partial charge in [0.05, 0.1) is 23.1 Å². The highest BCUT2D eigenvalue weighted by atomic mass is 16.3. The highest BCUT2D eigenvalue weighted by Gasteiger charge is 2.26. The number of aromatic nitrogens is 3. The summed E-state index contributed by atoms with van der Waals surface area (Å²) in [6.07, 6.45) is 5.67. The van der Waals surface area contributed by atoms with Gasteiger partial charge in [-0.05, 0) is 26.7 Å². The molecular formula is C16H24N4O2. The molecule has 0 unspecified atom stereocenters. The van der Waals surface area contributed by atoms with Gasteiger partial charge in [-0.3, -0.25) is 4.79 Å². The maximum Gasteiger partial charge on any atom is 0.255 e. The summed E-state index contributed by atoms with van der Waals surface area (Å²) >= 11 is 0. The molecule has 0 aliphatic heterocycles. The lowest BCUT2D eigenvalue weighted by Gasteiger charge is -2.17. The van der Waals surface area contributed by atoms with Crippen LogP contribution in [0.5, 0.6) is 0 Å². The molecule has 2 aromatic rings. The number of nitrogens with one attached hydrogen (secondary N) is 2. The van der Waals surface area contributed by atoms with Crippen molar-refractivity contribution in [3.63, 3.8) is 0 Å². The van der Waals surface area contributed by atoms with Gasteiger partial charge in [-0.25, -0.2) is 9.97 Å². The van der Waals surface area contributed by atoms with Crippen molar-refractivity contribution in [2.45, 2.75) is 52.1 Å². The summed E-state index contributed by atoms with van der Waals surface area (Å²) in [4.78, 5) is 24.0. The van der Waals surface area contributed by atoms with Crippen molar-refractivity contribution in [2.24, 2.45) is 0 Å². The van der Waals surface area contributed by atoms with E-state index in [2.05, 4.69) is 20.3 Å². The third kappa shape index (κ3) is 3.82. The van der Waals surface area contributed by atoms with Gasteiger partial charge in [-0.15, -0.1) is 0 Å². The van der Waals surface area contributed by atoms with Gasteiger partial charge >= 0.3 is 0 Å². The second-order valence-electron chi connectivity index (χ2n) is 5.96. The van der Waals surface area contributed by atoms with Crippen LogP contribution >= 0.6 is 0 Å². The topological polar surface area (TPSA) is 90.9 Å². The zero-order valence-corrected chi connectivity index (χ0v) is 13.6. The Kier molecular flexibility index (Phi) is 4.81. The van der Waals surface area contributed by atoms with Crippen LogP contribution in [0.2, 0.25) is 0 Å². The summed E-state index contributed by atoms with van der Waals surface area (Å²) in [6, 6.07) is 0. The predicted molar refractivity (Wildman–Crippen MR) is 85.8 cm³/mol. The molecular weight excluding hydrogens is 280 g/mol. The Morgan fingerprint density at radius 3 is 2.73 bits per heavy atom. The van der Waals surface area contributed by atoms with Crippen molar-refractivity contribution in [1.29, 1.82) is 0 Å². The number of aromatic amines is 1. The first kappa shape index (κ1) is 16.4. The first-order valence-corrected chi connectivity index (χ1v) is 7.79. The van der Waals surface area contributed by atoms with Crippen LogP contribution in [0.25, 0.3) is 11.2 Å². The van der Waals surface area contributed by atoms with Crippen LogP contribution in [-0.4, -0.2) is 38.1 Å². The van der Waals surface area contributed by atoms with Crippen LogP contribution in [0.1, 0.15) is 62.5 Å². The molecule has 1 saturated carbocycles. The Bertz CT molecular complexity index is 654. The second kappa shape index (κ2) is 6.44. The summed E-state index contributed by atoms with van der Waals surface area (Å²) in [5.74, 6) is 0.245. The molecule has 1 aliphatic carbocycles. The minimum atomic E-state index is -0.938. The number of carbonyl (C=O) groups excluding carboxylic acids is 1. The summed E-state index contributed by atoms with van der Waals surface area (Å²) < 4.78 is 0. The van der Waals surface area contributed by atoms with Gasteiger partial charge < -0.3 is 15.4 Å². The molecule has 0 atom stereocenters. The van der Waals surface area contributed by atoms with E-state index in [1.807, 2.05) is 13.8 Å². The van der Waals surface area contributed by atoms with E-state index >= 15 is 0 Å². The lowest BCUT2D eigenvalue weighted by atomic mass is 10.1. The van der Waals surface area contributed by atoms with Crippen LogP contribution in [0.3, 0.4) is 0 Å². The van der Waals surface area contributed by atoms with E-state index in [0.717, 1.165) is 18.5 Å². The van der Waals surface area contributed by atoms with Crippen molar-refractivity contribution in [1.82, 2.24) is 20.3 Å². The van der Waals surface area contributed by atoms with Gasteiger partial charge in [0, 0.05) is 18.7 Å². The minimum Gasteiger partial charge on any atom is -0.389 e. The van der Waals surface area contributed by atoms with Gasteiger partial charge in [-0.1, -0.05) is 13.8 Å². The minimum absolute atomic E-state index is 0.189. The molecule has 1 amide bonds. The summed E-state index contributed by atoms with van der Waals surface area (Å²) in [5, 5.41) is 12.4. The van der Waals surface area contributed by atoms with Gasteiger partial charge in [0.2, 0.25) is 0 Å². The van der Waals surface area contributed by atoms with E-state index in [-0.39, 0.29) is 12.5 Å². The van der Waals surface area contributed by atoms with Gasteiger partial charge in [-0.2, -0.15) is 0 Å². The van der Waals surface area contributed by atoms with E-state index in [1.54, 1.807) is 26.2 Å². The first-order chi connectivity index (χ1) is 10.4. The molecule has 6 nitrogen and oxygen atoms in total. The predicted octanol–water partition coefficient (Wildman–Crippen LogP) is 2.36. The number of amides is 1. The van der Waals surface area contributed by atoms with Crippen molar-refractivity contribution in [2.75, 3.05) is 6.54 Å². The van der Waals surface area contributed by atoms with E-state index in [1.165, 1.54) is 0 Å². The summed E-state index contributed by atoms with van der Waals surface area (Å²) in [6.45, 7) is 7.48. The third-order valence-electron chi connectivity index (χ3n) is 3.32. The highest BCUT2D eigenvalue weighted by Crippen LogP contribution is 2.39. The Labute approximate surface area is 130 Å². The standard InChI is InChI=1S/C14H18N4O2.C2H6/c1-14(2,20)7-17-13(19)9-5-15-12-11(9)18-10(6-16-12)8-3-4-8;1-2/h5-6,8,20H,3-4,7H2,1-2H3,(H,15,16)(H,17,19);1-2H3. The van der Waals surface area contributed by atoms with Crippen LogP contribution in [0.15, 0.2) is 12.4 Å². The van der Waals surface area contributed by atoms with Crippen LogP contribution in [-0.2, 0) is 0 Å². The number of nitrogens with zero attached hydrogens (tertiary/aromatic N) is 2. The molecule has 3 rings (SSSR count). The monoisotopic (exact) mass is 304 g/mol. The molecule has 0 aromatic carbocycles. The normalized spacial score (nSPS) is 14.4. The molecule has 120 valence electrons. The quantitative estimate of drug-likeness (QED) is 0.808. The molecule has 6 heteroatoms. The number of rotatable bonds is 4. The molecule has 2 heterocycles. The lowest BCUT2D eigenvalue weighted by Crippen LogP contribution is -2.38. The van der Waals surface area contributed by atoms with Crippen molar-refractivity contribution in [3.05, 3.63) is 23.7 Å². The maximum atomic E-state index is 12.2. The fourth-order valence-corrected chi connectivity index (χ4v) is 2.05. The Morgan fingerprint density at radius 1 is 1.45 bits per heavy atom. The second-order valence-corrected chi connectivity index (χ2v) is 5.96. The number of fused-ring (bicyclic) bond motifs is 1. The average molecular weight is 304 g/mol.